The molecule has 0 radical (unpaired) electrons. The monoisotopic (exact) mass is 322 g/mol. The van der Waals surface area contributed by atoms with Gasteiger partial charge in [0.15, 0.2) is 0 Å². The minimum Gasteiger partial charge on any atom is -0.494 e. The van der Waals surface area contributed by atoms with Crippen LogP contribution in [0.1, 0.15) is 36.0 Å². The van der Waals surface area contributed by atoms with Crippen LogP contribution >= 0.6 is 11.8 Å². The third kappa shape index (κ3) is 5.07. The van der Waals surface area contributed by atoms with Gasteiger partial charge < -0.3 is 14.3 Å². The molecule has 1 heterocycles. The van der Waals surface area contributed by atoms with Crippen molar-refractivity contribution in [3.8, 4) is 5.75 Å². The molecular formula is C15H18N2O4S. The summed E-state index contributed by atoms with van der Waals surface area (Å²) in [4.78, 5) is 10.9. The summed E-state index contributed by atoms with van der Waals surface area (Å²) in [6, 6.07) is 6.47. The van der Waals surface area contributed by atoms with Crippen LogP contribution in [0.25, 0.3) is 0 Å². The summed E-state index contributed by atoms with van der Waals surface area (Å²) in [5.74, 6) is 1.08. The number of hydrogen-bond acceptors (Lipinski definition) is 6. The fraction of sp³-hybridized carbons (Fsp3) is 0.400. The molecule has 1 aromatic heterocycles. The molecule has 0 atom stereocenters. The van der Waals surface area contributed by atoms with Crippen LogP contribution in [0.15, 0.2) is 33.9 Å². The van der Waals surface area contributed by atoms with Gasteiger partial charge in [-0.2, -0.15) is 0 Å². The lowest BCUT2D eigenvalue weighted by atomic mass is 10.2. The van der Waals surface area contributed by atoms with Gasteiger partial charge in [-0.25, -0.2) is 4.79 Å². The first-order valence-corrected chi connectivity index (χ1v) is 8.09. The van der Waals surface area contributed by atoms with E-state index in [-0.39, 0.29) is 5.56 Å². The van der Waals surface area contributed by atoms with Crippen LogP contribution in [0.4, 0.5) is 0 Å². The van der Waals surface area contributed by atoms with Gasteiger partial charge in [0, 0.05) is 12.2 Å². The first-order chi connectivity index (χ1) is 10.7. The van der Waals surface area contributed by atoms with E-state index in [0.29, 0.717) is 23.5 Å². The quantitative estimate of drug-likeness (QED) is 0.560. The summed E-state index contributed by atoms with van der Waals surface area (Å²) in [6.45, 7) is 2.57. The van der Waals surface area contributed by atoms with E-state index in [0.717, 1.165) is 25.0 Å². The Morgan fingerprint density at radius 1 is 1.41 bits per heavy atom. The van der Waals surface area contributed by atoms with Crippen molar-refractivity contribution in [2.24, 2.45) is 0 Å². The van der Waals surface area contributed by atoms with Gasteiger partial charge in [-0.15, -0.1) is 10.2 Å². The molecule has 2 rings (SSSR count). The van der Waals surface area contributed by atoms with Gasteiger partial charge in [-0.3, -0.25) is 0 Å². The van der Waals surface area contributed by atoms with Gasteiger partial charge in [-0.1, -0.05) is 24.8 Å². The van der Waals surface area contributed by atoms with Gasteiger partial charge in [0.2, 0.25) is 5.89 Å². The number of carboxylic acids is 1. The van der Waals surface area contributed by atoms with E-state index in [9.17, 15) is 4.79 Å². The number of nitrogens with zero attached hydrogens (tertiary/aromatic N) is 2. The van der Waals surface area contributed by atoms with E-state index in [4.69, 9.17) is 14.3 Å². The molecule has 0 amide bonds. The van der Waals surface area contributed by atoms with Crippen LogP contribution in [-0.4, -0.2) is 33.6 Å². The number of rotatable bonds is 9. The van der Waals surface area contributed by atoms with Gasteiger partial charge in [0.1, 0.15) is 5.75 Å². The lowest BCUT2D eigenvalue weighted by Gasteiger charge is -2.06. The average Bonchev–Trinajstić information content (AvgIpc) is 2.95. The van der Waals surface area contributed by atoms with Crippen molar-refractivity contribution >= 4 is 17.7 Å². The van der Waals surface area contributed by atoms with Crippen molar-refractivity contribution in [3.63, 3.8) is 0 Å². The number of ether oxygens (including phenoxy) is 1. The Morgan fingerprint density at radius 3 is 3.05 bits per heavy atom. The fourth-order valence-corrected chi connectivity index (χ4v) is 2.43. The number of aromatic nitrogens is 2. The molecule has 0 unspecified atom stereocenters. The minimum atomic E-state index is -0.958. The molecule has 0 aliphatic carbocycles. The number of aromatic carboxylic acids is 1. The zero-order chi connectivity index (χ0) is 15.8. The standard InChI is InChI=1S/C15H18N2O4S/c1-2-5-13-16-17-15(21-13)22-9-4-8-20-12-7-3-6-11(10-12)14(18)19/h3,6-7,10H,2,4-5,8-9H2,1H3,(H,18,19). The molecule has 0 spiro atoms. The second-order valence-electron chi connectivity index (χ2n) is 4.60. The lowest BCUT2D eigenvalue weighted by Crippen LogP contribution is -2.01. The third-order valence-electron chi connectivity index (χ3n) is 2.78. The van der Waals surface area contributed by atoms with Gasteiger partial charge in [-0.05, 0) is 31.0 Å². The zero-order valence-corrected chi connectivity index (χ0v) is 13.1. The van der Waals surface area contributed by atoms with Crippen molar-refractivity contribution in [1.82, 2.24) is 10.2 Å². The molecule has 0 saturated heterocycles. The average molecular weight is 322 g/mol. The van der Waals surface area contributed by atoms with Crippen LogP contribution < -0.4 is 4.74 Å². The highest BCUT2D eigenvalue weighted by Gasteiger charge is 2.06. The lowest BCUT2D eigenvalue weighted by molar-refractivity contribution is 0.0696. The highest BCUT2D eigenvalue weighted by atomic mass is 32.2. The SMILES string of the molecule is CCCc1nnc(SCCCOc2cccc(C(=O)O)c2)o1. The number of thioether (sulfide) groups is 1. The maximum Gasteiger partial charge on any atom is 0.335 e. The Balaban J connectivity index is 1.68. The molecule has 7 heteroatoms. The van der Waals surface area contributed by atoms with Crippen LogP contribution in [0, 0.1) is 0 Å². The molecule has 0 saturated carbocycles. The molecule has 1 aromatic carbocycles. The predicted octanol–water partition coefficient (Wildman–Crippen LogP) is 3.28. The maximum absolute atomic E-state index is 10.9. The number of carbonyl (C=O) groups is 1. The van der Waals surface area contributed by atoms with Crippen LogP contribution in [-0.2, 0) is 6.42 Å². The van der Waals surface area contributed by atoms with E-state index in [1.165, 1.54) is 23.9 Å². The zero-order valence-electron chi connectivity index (χ0n) is 12.3. The predicted molar refractivity (Wildman–Crippen MR) is 82.5 cm³/mol. The number of aryl methyl sites for hydroxylation is 1. The van der Waals surface area contributed by atoms with Crippen molar-refractivity contribution in [3.05, 3.63) is 35.7 Å². The summed E-state index contributed by atoms with van der Waals surface area (Å²) in [5.41, 5.74) is 0.223. The minimum absolute atomic E-state index is 0.223. The van der Waals surface area contributed by atoms with Crippen molar-refractivity contribution in [2.45, 2.75) is 31.4 Å². The Labute approximate surface area is 132 Å². The highest BCUT2D eigenvalue weighted by molar-refractivity contribution is 7.99. The largest absolute Gasteiger partial charge is 0.494 e. The highest BCUT2D eigenvalue weighted by Crippen LogP contribution is 2.18. The number of hydrogen-bond donors (Lipinski definition) is 1. The Kier molecular flexibility index (Phi) is 6.27. The van der Waals surface area contributed by atoms with Gasteiger partial charge in [0.05, 0.1) is 12.2 Å². The molecule has 118 valence electrons. The maximum atomic E-state index is 10.9. The molecule has 0 fully saturated rings. The first-order valence-electron chi connectivity index (χ1n) is 7.10. The molecule has 1 N–H and O–H groups in total. The smallest absolute Gasteiger partial charge is 0.335 e. The second kappa shape index (κ2) is 8.43. The van der Waals surface area contributed by atoms with E-state index in [2.05, 4.69) is 17.1 Å². The first kappa shape index (κ1) is 16.4. The fourth-order valence-electron chi connectivity index (χ4n) is 1.74. The topological polar surface area (TPSA) is 85.5 Å². The molecular weight excluding hydrogens is 304 g/mol. The summed E-state index contributed by atoms with van der Waals surface area (Å²) in [6.07, 6.45) is 2.58. The molecule has 0 aliphatic heterocycles. The Bertz CT molecular complexity index is 615. The number of benzene rings is 1. The van der Waals surface area contributed by atoms with Gasteiger partial charge >= 0.3 is 5.97 Å². The summed E-state index contributed by atoms with van der Waals surface area (Å²) in [7, 11) is 0. The van der Waals surface area contributed by atoms with Crippen molar-refractivity contribution in [2.75, 3.05) is 12.4 Å². The third-order valence-corrected chi connectivity index (χ3v) is 3.68. The summed E-state index contributed by atoms with van der Waals surface area (Å²) in [5, 5.41) is 17.4. The normalized spacial score (nSPS) is 10.6. The Hall–Kier alpha value is -2.02. The van der Waals surface area contributed by atoms with Crippen molar-refractivity contribution in [1.29, 1.82) is 0 Å². The molecule has 22 heavy (non-hydrogen) atoms. The molecule has 0 aliphatic rings. The van der Waals surface area contributed by atoms with E-state index in [1.807, 2.05) is 0 Å². The molecule has 2 aromatic rings. The van der Waals surface area contributed by atoms with E-state index >= 15 is 0 Å². The van der Waals surface area contributed by atoms with Gasteiger partial charge in [0.25, 0.3) is 5.22 Å². The summed E-state index contributed by atoms with van der Waals surface area (Å²) < 4.78 is 11.0. The van der Waals surface area contributed by atoms with E-state index < -0.39 is 5.97 Å². The van der Waals surface area contributed by atoms with Crippen LogP contribution in [0.3, 0.4) is 0 Å². The van der Waals surface area contributed by atoms with Crippen LogP contribution in [0.2, 0.25) is 0 Å². The second-order valence-corrected chi connectivity index (χ2v) is 5.64. The van der Waals surface area contributed by atoms with Crippen molar-refractivity contribution < 1.29 is 19.1 Å². The Morgan fingerprint density at radius 2 is 2.27 bits per heavy atom. The number of carboxylic acid groups (broad SMARTS) is 1. The molecule has 0 bridgehead atoms. The summed E-state index contributed by atoms with van der Waals surface area (Å²) >= 11 is 1.50. The molecule has 6 nitrogen and oxygen atoms in total. The van der Waals surface area contributed by atoms with E-state index in [1.54, 1.807) is 12.1 Å². The van der Waals surface area contributed by atoms with Crippen LogP contribution in [0.5, 0.6) is 5.75 Å².